The number of hydrogen-bond donors (Lipinski definition) is 2. The van der Waals surface area contributed by atoms with E-state index >= 15 is 0 Å². The Hall–Kier alpha value is -2.75. The van der Waals surface area contributed by atoms with Crippen LogP contribution in [0.5, 0.6) is 5.75 Å². The Morgan fingerprint density at radius 3 is 2.32 bits per heavy atom. The Kier molecular flexibility index (Phi) is 5.78. The van der Waals surface area contributed by atoms with Crippen LogP contribution in [0.3, 0.4) is 0 Å². The van der Waals surface area contributed by atoms with Gasteiger partial charge in [-0.2, -0.15) is 0 Å². The lowest BCUT2D eigenvalue weighted by Crippen LogP contribution is -2.38. The molecule has 148 valence electrons. The fraction of sp³-hybridized carbons (Fsp3) is 0.263. The maximum atomic E-state index is 12.6. The highest BCUT2D eigenvalue weighted by atomic mass is 32.2. The van der Waals surface area contributed by atoms with Crippen LogP contribution in [0.4, 0.5) is 5.69 Å². The van der Waals surface area contributed by atoms with Crippen molar-refractivity contribution in [2.45, 2.75) is 30.8 Å². The number of imide groups is 1. The highest BCUT2D eigenvalue weighted by molar-refractivity contribution is 7.89. The summed E-state index contributed by atoms with van der Waals surface area (Å²) in [4.78, 5) is 26.2. The van der Waals surface area contributed by atoms with Crippen molar-refractivity contribution in [2.24, 2.45) is 5.14 Å². The molecule has 8 nitrogen and oxygen atoms in total. The molecule has 0 bridgehead atoms. The quantitative estimate of drug-likeness (QED) is 0.670. The third-order valence-corrected chi connectivity index (χ3v) is 5.29. The van der Waals surface area contributed by atoms with Gasteiger partial charge in [0, 0.05) is 6.54 Å². The molecule has 0 radical (unpaired) electrons. The minimum atomic E-state index is -3.75. The number of anilines is 1. The molecular formula is C19H21N3O5S. The topological polar surface area (TPSA) is 119 Å². The van der Waals surface area contributed by atoms with E-state index in [0.717, 1.165) is 10.5 Å². The van der Waals surface area contributed by atoms with Crippen molar-refractivity contribution in [1.29, 1.82) is 0 Å². The second-order valence-electron chi connectivity index (χ2n) is 6.32. The Morgan fingerprint density at radius 2 is 1.75 bits per heavy atom. The van der Waals surface area contributed by atoms with Gasteiger partial charge in [-0.15, -0.1) is 0 Å². The number of nitrogens with one attached hydrogen (secondary N) is 1. The van der Waals surface area contributed by atoms with E-state index in [4.69, 9.17) is 9.88 Å². The maximum absolute atomic E-state index is 12.6. The summed E-state index contributed by atoms with van der Waals surface area (Å²) in [5, 5.41) is 8.12. The van der Waals surface area contributed by atoms with Crippen LogP contribution in [0.1, 0.15) is 18.9 Å². The highest BCUT2D eigenvalue weighted by Crippen LogP contribution is 2.25. The van der Waals surface area contributed by atoms with Gasteiger partial charge in [0.25, 0.3) is 5.91 Å². The van der Waals surface area contributed by atoms with Crippen molar-refractivity contribution in [3.63, 3.8) is 0 Å². The van der Waals surface area contributed by atoms with E-state index in [-0.39, 0.29) is 23.1 Å². The molecule has 0 spiro atoms. The van der Waals surface area contributed by atoms with Crippen LogP contribution in [0.25, 0.3) is 0 Å². The monoisotopic (exact) mass is 403 g/mol. The van der Waals surface area contributed by atoms with E-state index in [0.29, 0.717) is 24.6 Å². The molecule has 9 heteroatoms. The summed E-state index contributed by atoms with van der Waals surface area (Å²) in [6.07, 6.45) is 0.0569. The number of sulfonamides is 1. The van der Waals surface area contributed by atoms with Crippen LogP contribution in [0.2, 0.25) is 0 Å². The summed E-state index contributed by atoms with van der Waals surface area (Å²) in [7, 11) is -3.75. The summed E-state index contributed by atoms with van der Waals surface area (Å²) < 4.78 is 27.9. The number of carbonyl (C=O) groups is 2. The SMILES string of the molecule is CCOc1ccc(N2C(=O)C[C@H](NCc3ccc(S(N)(=O)=O)cc3)C2=O)cc1. The van der Waals surface area contributed by atoms with E-state index in [2.05, 4.69) is 5.32 Å². The summed E-state index contributed by atoms with van der Waals surface area (Å²) in [6.45, 7) is 2.72. The average Bonchev–Trinajstić information content (AvgIpc) is 2.94. The zero-order valence-electron chi connectivity index (χ0n) is 15.3. The molecule has 1 fully saturated rings. The van der Waals surface area contributed by atoms with Gasteiger partial charge in [0.2, 0.25) is 15.9 Å². The van der Waals surface area contributed by atoms with E-state index < -0.39 is 16.1 Å². The number of nitrogens with two attached hydrogens (primary N) is 1. The summed E-state index contributed by atoms with van der Waals surface area (Å²) >= 11 is 0. The third-order valence-electron chi connectivity index (χ3n) is 4.36. The molecule has 1 atom stereocenters. The number of primary sulfonamides is 1. The minimum absolute atomic E-state index is 0.0186. The van der Waals surface area contributed by atoms with Crippen molar-refractivity contribution in [2.75, 3.05) is 11.5 Å². The first-order chi connectivity index (χ1) is 13.3. The van der Waals surface area contributed by atoms with E-state index in [1.165, 1.54) is 12.1 Å². The molecule has 2 aromatic rings. The van der Waals surface area contributed by atoms with Gasteiger partial charge in [-0.25, -0.2) is 18.5 Å². The van der Waals surface area contributed by atoms with Gasteiger partial charge in [0.05, 0.1) is 29.7 Å². The minimum Gasteiger partial charge on any atom is -0.494 e. The summed E-state index contributed by atoms with van der Waals surface area (Å²) in [5.74, 6) is 0.0644. The molecule has 3 N–H and O–H groups in total. The number of ether oxygens (including phenoxy) is 1. The van der Waals surface area contributed by atoms with Gasteiger partial charge in [-0.1, -0.05) is 12.1 Å². The predicted molar refractivity (Wildman–Crippen MR) is 103 cm³/mol. The highest BCUT2D eigenvalue weighted by Gasteiger charge is 2.39. The van der Waals surface area contributed by atoms with Crippen LogP contribution >= 0.6 is 0 Å². The Labute approximate surface area is 163 Å². The van der Waals surface area contributed by atoms with Crippen LogP contribution in [0, 0.1) is 0 Å². The van der Waals surface area contributed by atoms with E-state index in [1.807, 2.05) is 6.92 Å². The van der Waals surface area contributed by atoms with E-state index in [9.17, 15) is 18.0 Å². The lowest BCUT2D eigenvalue weighted by Gasteiger charge is -2.16. The molecule has 1 heterocycles. The molecule has 1 aliphatic rings. The molecule has 2 amide bonds. The normalized spacial score (nSPS) is 17.2. The fourth-order valence-electron chi connectivity index (χ4n) is 2.96. The predicted octanol–water partition coefficient (Wildman–Crippen LogP) is 1.15. The van der Waals surface area contributed by atoms with Crippen molar-refractivity contribution in [3.8, 4) is 5.75 Å². The number of nitrogens with zero attached hydrogens (tertiary/aromatic N) is 1. The van der Waals surface area contributed by atoms with Gasteiger partial charge < -0.3 is 10.1 Å². The van der Waals surface area contributed by atoms with Gasteiger partial charge in [-0.3, -0.25) is 9.59 Å². The fourth-order valence-corrected chi connectivity index (χ4v) is 3.47. The molecular weight excluding hydrogens is 382 g/mol. The molecule has 0 saturated carbocycles. The number of rotatable bonds is 7. The average molecular weight is 403 g/mol. The van der Waals surface area contributed by atoms with Crippen LogP contribution in [0.15, 0.2) is 53.4 Å². The first-order valence-corrected chi connectivity index (χ1v) is 10.3. The van der Waals surface area contributed by atoms with Crippen molar-refractivity contribution in [1.82, 2.24) is 5.32 Å². The van der Waals surface area contributed by atoms with Gasteiger partial charge in [0.15, 0.2) is 0 Å². The molecule has 2 aromatic carbocycles. The van der Waals surface area contributed by atoms with Gasteiger partial charge >= 0.3 is 0 Å². The molecule has 3 rings (SSSR count). The number of carbonyl (C=O) groups excluding carboxylic acids is 2. The molecule has 1 saturated heterocycles. The van der Waals surface area contributed by atoms with Gasteiger partial charge in [0.1, 0.15) is 5.75 Å². The standard InChI is InChI=1S/C19H21N3O5S/c1-2-27-15-7-5-14(6-8-15)22-18(23)11-17(19(22)24)21-12-13-3-9-16(10-4-13)28(20,25)26/h3-10,17,21H,2,11-12H2,1H3,(H2,20,25,26)/t17-/m0/s1. The number of hydrogen-bond acceptors (Lipinski definition) is 6. The Bertz CT molecular complexity index is 972. The number of amides is 2. The first kappa shape index (κ1) is 20.0. The van der Waals surface area contributed by atoms with Crippen LogP contribution in [-0.4, -0.2) is 32.9 Å². The lowest BCUT2D eigenvalue weighted by molar-refractivity contribution is -0.121. The summed E-state index contributed by atoms with van der Waals surface area (Å²) in [5.41, 5.74) is 1.27. The zero-order valence-corrected chi connectivity index (χ0v) is 16.1. The maximum Gasteiger partial charge on any atom is 0.251 e. The van der Waals surface area contributed by atoms with Crippen molar-refractivity contribution in [3.05, 3.63) is 54.1 Å². The van der Waals surface area contributed by atoms with Crippen molar-refractivity contribution < 1.29 is 22.7 Å². The molecule has 1 aliphatic heterocycles. The third kappa shape index (κ3) is 4.38. The zero-order chi connectivity index (χ0) is 20.3. The molecule has 0 aromatic heterocycles. The van der Waals surface area contributed by atoms with Crippen molar-refractivity contribution >= 4 is 27.5 Å². The first-order valence-electron chi connectivity index (χ1n) is 8.74. The van der Waals surface area contributed by atoms with Crippen LogP contribution in [-0.2, 0) is 26.2 Å². The lowest BCUT2D eigenvalue weighted by atomic mass is 10.2. The second-order valence-corrected chi connectivity index (χ2v) is 7.88. The van der Waals surface area contributed by atoms with Crippen LogP contribution < -0.4 is 20.1 Å². The second kappa shape index (κ2) is 8.09. The Morgan fingerprint density at radius 1 is 1.11 bits per heavy atom. The van der Waals surface area contributed by atoms with Gasteiger partial charge in [-0.05, 0) is 48.9 Å². The Balaban J connectivity index is 1.65. The largest absolute Gasteiger partial charge is 0.494 e. The number of benzene rings is 2. The molecule has 0 aliphatic carbocycles. The smallest absolute Gasteiger partial charge is 0.251 e. The molecule has 28 heavy (non-hydrogen) atoms. The molecule has 0 unspecified atom stereocenters. The summed E-state index contributed by atoms with van der Waals surface area (Å²) in [6, 6.07) is 12.2. The van der Waals surface area contributed by atoms with E-state index in [1.54, 1.807) is 36.4 Å².